The van der Waals surface area contributed by atoms with Crippen molar-refractivity contribution in [2.24, 2.45) is 5.41 Å². The smallest absolute Gasteiger partial charge is 0.231 e. The maximum absolute atomic E-state index is 12.4. The minimum Gasteiger partial charge on any atom is -0.324 e. The van der Waals surface area contributed by atoms with Gasteiger partial charge in [0.1, 0.15) is 0 Å². The van der Waals surface area contributed by atoms with E-state index in [0.717, 1.165) is 28.8 Å². The molecule has 1 amide bonds. The number of carbonyl (C=O) groups is 1. The first-order valence-electron chi connectivity index (χ1n) is 5.94. The zero-order chi connectivity index (χ0) is 11.9. The lowest BCUT2D eigenvalue weighted by Crippen LogP contribution is -2.34. The Morgan fingerprint density at radius 3 is 2.82 bits per heavy atom. The summed E-state index contributed by atoms with van der Waals surface area (Å²) < 4.78 is 0.978. The molecule has 0 atom stereocenters. The number of amides is 1. The number of rotatable bonds is 0. The highest BCUT2D eigenvalue weighted by Gasteiger charge is 2.43. The summed E-state index contributed by atoms with van der Waals surface area (Å²) in [6.45, 7) is 0. The summed E-state index contributed by atoms with van der Waals surface area (Å²) >= 11 is 5.32. The molecule has 2 nitrogen and oxygen atoms in total. The van der Waals surface area contributed by atoms with E-state index >= 15 is 0 Å². The van der Waals surface area contributed by atoms with Gasteiger partial charge in [-0.3, -0.25) is 4.79 Å². The molecular weight excluding hydrogens is 298 g/mol. The maximum atomic E-state index is 12.4. The quantitative estimate of drug-likeness (QED) is 0.783. The van der Waals surface area contributed by atoms with Gasteiger partial charge in [-0.2, -0.15) is 0 Å². The van der Waals surface area contributed by atoms with Gasteiger partial charge in [-0.1, -0.05) is 18.9 Å². The van der Waals surface area contributed by atoms with Crippen LogP contribution in [0.2, 0.25) is 0 Å². The molecule has 4 heteroatoms. The van der Waals surface area contributed by atoms with Gasteiger partial charge < -0.3 is 5.32 Å². The van der Waals surface area contributed by atoms with Crippen LogP contribution in [0.15, 0.2) is 27.6 Å². The molecule has 0 unspecified atom stereocenters. The van der Waals surface area contributed by atoms with Gasteiger partial charge in [0, 0.05) is 15.1 Å². The molecule has 1 aliphatic carbocycles. The molecule has 1 spiro atoms. The van der Waals surface area contributed by atoms with Crippen LogP contribution in [-0.4, -0.2) is 11.7 Å². The van der Waals surface area contributed by atoms with Gasteiger partial charge in [0.2, 0.25) is 5.91 Å². The number of para-hydroxylation sites is 1. The van der Waals surface area contributed by atoms with Gasteiger partial charge in [0.25, 0.3) is 0 Å². The Hall–Kier alpha value is -0.480. The summed E-state index contributed by atoms with van der Waals surface area (Å²) in [5.41, 5.74) is 0.828. The molecule has 2 aliphatic rings. The Morgan fingerprint density at radius 1 is 1.29 bits per heavy atom. The largest absolute Gasteiger partial charge is 0.324 e. The number of thioether (sulfide) groups is 1. The Balaban J connectivity index is 1.99. The fraction of sp³-hybridized carbons (Fsp3) is 0.462. The number of halogens is 1. The molecule has 90 valence electrons. The van der Waals surface area contributed by atoms with E-state index in [4.69, 9.17) is 0 Å². The average molecular weight is 312 g/mol. The fourth-order valence-electron chi connectivity index (χ4n) is 2.70. The predicted octanol–water partition coefficient (Wildman–Crippen LogP) is 4.05. The number of nitrogens with one attached hydrogen (secondary N) is 1. The molecular formula is C13H14BrNOS. The molecule has 1 aromatic carbocycles. The van der Waals surface area contributed by atoms with Gasteiger partial charge in [-0.25, -0.2) is 0 Å². The molecule has 1 fully saturated rings. The van der Waals surface area contributed by atoms with E-state index < -0.39 is 0 Å². The van der Waals surface area contributed by atoms with Gasteiger partial charge >= 0.3 is 0 Å². The van der Waals surface area contributed by atoms with Gasteiger partial charge in [0.15, 0.2) is 0 Å². The zero-order valence-corrected chi connectivity index (χ0v) is 11.9. The number of anilines is 1. The van der Waals surface area contributed by atoms with E-state index in [0.29, 0.717) is 0 Å². The molecule has 1 aromatic rings. The summed E-state index contributed by atoms with van der Waals surface area (Å²) in [5, 5.41) is 3.12. The third-order valence-corrected chi connectivity index (χ3v) is 5.77. The van der Waals surface area contributed by atoms with Crippen LogP contribution in [0.25, 0.3) is 0 Å². The number of benzene rings is 1. The Kier molecular flexibility index (Phi) is 2.95. The second-order valence-corrected chi connectivity index (χ2v) is 6.71. The standard InChI is InChI=1S/C13H14BrNOS/c14-9-4-3-5-10-11(9)15-12(16)13(8-17-10)6-1-2-7-13/h3-5H,1-2,6-8H2,(H,15,16). The summed E-state index contributed by atoms with van der Waals surface area (Å²) in [6, 6.07) is 6.08. The first kappa shape index (κ1) is 11.6. The molecule has 17 heavy (non-hydrogen) atoms. The minimum absolute atomic E-state index is 0.122. The van der Waals surface area contributed by atoms with E-state index in [1.165, 1.54) is 17.7 Å². The molecule has 0 bridgehead atoms. The van der Waals surface area contributed by atoms with E-state index in [9.17, 15) is 4.79 Å². The summed E-state index contributed by atoms with van der Waals surface area (Å²) in [6.07, 6.45) is 4.45. The summed E-state index contributed by atoms with van der Waals surface area (Å²) in [5.74, 6) is 1.13. The highest BCUT2D eigenvalue weighted by Crippen LogP contribution is 2.47. The van der Waals surface area contributed by atoms with Crippen molar-refractivity contribution in [3.8, 4) is 0 Å². The molecule has 1 saturated carbocycles. The van der Waals surface area contributed by atoms with Crippen LogP contribution in [0.3, 0.4) is 0 Å². The van der Waals surface area contributed by atoms with Crippen LogP contribution >= 0.6 is 27.7 Å². The van der Waals surface area contributed by atoms with Crippen LogP contribution in [-0.2, 0) is 4.79 Å². The van der Waals surface area contributed by atoms with Gasteiger partial charge in [0.05, 0.1) is 11.1 Å². The van der Waals surface area contributed by atoms with Crippen molar-refractivity contribution in [2.75, 3.05) is 11.1 Å². The van der Waals surface area contributed by atoms with Crippen molar-refractivity contribution < 1.29 is 4.79 Å². The van der Waals surface area contributed by atoms with Crippen LogP contribution in [0.5, 0.6) is 0 Å². The van der Waals surface area contributed by atoms with Crippen molar-refractivity contribution in [1.29, 1.82) is 0 Å². The van der Waals surface area contributed by atoms with Gasteiger partial charge in [-0.15, -0.1) is 11.8 Å². The Morgan fingerprint density at radius 2 is 2.06 bits per heavy atom. The molecule has 0 radical (unpaired) electrons. The number of hydrogen-bond donors (Lipinski definition) is 1. The van der Waals surface area contributed by atoms with Crippen LogP contribution in [0.4, 0.5) is 5.69 Å². The normalized spacial score (nSPS) is 22.1. The molecule has 0 saturated heterocycles. The van der Waals surface area contributed by atoms with Crippen LogP contribution in [0, 0.1) is 5.41 Å². The Bertz CT molecular complexity index is 468. The number of fused-ring (bicyclic) bond motifs is 1. The predicted molar refractivity (Wildman–Crippen MR) is 74.4 cm³/mol. The van der Waals surface area contributed by atoms with E-state index in [-0.39, 0.29) is 11.3 Å². The third kappa shape index (κ3) is 1.91. The van der Waals surface area contributed by atoms with Crippen LogP contribution in [0.1, 0.15) is 25.7 Å². The maximum Gasteiger partial charge on any atom is 0.231 e. The summed E-state index contributed by atoms with van der Waals surface area (Å²) in [7, 11) is 0. The lowest BCUT2D eigenvalue weighted by molar-refractivity contribution is -0.124. The van der Waals surface area contributed by atoms with Crippen molar-refractivity contribution in [1.82, 2.24) is 0 Å². The van der Waals surface area contributed by atoms with E-state index in [1.54, 1.807) is 0 Å². The van der Waals surface area contributed by atoms with Gasteiger partial charge in [-0.05, 0) is 40.9 Å². The summed E-state index contributed by atoms with van der Waals surface area (Å²) in [4.78, 5) is 13.6. The Labute approximate surface area is 114 Å². The SMILES string of the molecule is O=C1Nc2c(Br)cccc2SCC12CCCC2. The number of carbonyl (C=O) groups excluding carboxylic acids is 1. The molecule has 3 rings (SSSR count). The molecule has 1 N–H and O–H groups in total. The second kappa shape index (κ2) is 4.32. The van der Waals surface area contributed by atoms with Crippen molar-refractivity contribution in [2.45, 2.75) is 30.6 Å². The van der Waals surface area contributed by atoms with E-state index in [1.807, 2.05) is 23.9 Å². The minimum atomic E-state index is -0.122. The average Bonchev–Trinajstić information content (AvgIpc) is 2.74. The third-order valence-electron chi connectivity index (χ3n) is 3.76. The first-order chi connectivity index (χ1) is 8.21. The lowest BCUT2D eigenvalue weighted by Gasteiger charge is -2.24. The molecule has 0 aromatic heterocycles. The number of hydrogen-bond acceptors (Lipinski definition) is 2. The monoisotopic (exact) mass is 311 g/mol. The zero-order valence-electron chi connectivity index (χ0n) is 9.46. The van der Waals surface area contributed by atoms with Crippen molar-refractivity contribution in [3.63, 3.8) is 0 Å². The highest BCUT2D eigenvalue weighted by molar-refractivity contribution is 9.10. The van der Waals surface area contributed by atoms with Crippen molar-refractivity contribution in [3.05, 3.63) is 22.7 Å². The van der Waals surface area contributed by atoms with E-state index in [2.05, 4.69) is 27.3 Å². The second-order valence-electron chi connectivity index (χ2n) is 4.84. The first-order valence-corrected chi connectivity index (χ1v) is 7.72. The topological polar surface area (TPSA) is 29.1 Å². The van der Waals surface area contributed by atoms with Crippen LogP contribution < -0.4 is 5.32 Å². The van der Waals surface area contributed by atoms with Crippen molar-refractivity contribution >= 4 is 39.3 Å². The highest BCUT2D eigenvalue weighted by atomic mass is 79.9. The molecule has 1 aliphatic heterocycles. The fourth-order valence-corrected chi connectivity index (χ4v) is 4.62. The lowest BCUT2D eigenvalue weighted by atomic mass is 9.87. The molecule has 1 heterocycles.